The highest BCUT2D eigenvalue weighted by Gasteiger charge is 2.11. The zero-order chi connectivity index (χ0) is 12.2. The van der Waals surface area contributed by atoms with Gasteiger partial charge < -0.3 is 14.0 Å². The second-order valence-electron chi connectivity index (χ2n) is 2.97. The lowest BCUT2D eigenvalue weighted by Gasteiger charge is -2.07. The molecule has 1 aromatic carbocycles. The molecule has 0 saturated carbocycles. The molecule has 1 aromatic rings. The SMILES string of the molecule is COc1cc(CCO)cc(OS(=O)(=O)F)c1. The molecule has 0 amide bonds. The lowest BCUT2D eigenvalue weighted by Crippen LogP contribution is -2.02. The Kier molecular flexibility index (Phi) is 4.08. The predicted octanol–water partition coefficient (Wildman–Crippen LogP) is 0.823. The number of hydrogen-bond acceptors (Lipinski definition) is 5. The van der Waals surface area contributed by atoms with Gasteiger partial charge in [0.2, 0.25) is 0 Å². The van der Waals surface area contributed by atoms with Gasteiger partial charge in [0.05, 0.1) is 7.11 Å². The van der Waals surface area contributed by atoms with E-state index in [1.807, 2.05) is 0 Å². The van der Waals surface area contributed by atoms with Gasteiger partial charge in [-0.05, 0) is 24.1 Å². The van der Waals surface area contributed by atoms with Crippen LogP contribution < -0.4 is 8.92 Å². The maximum Gasteiger partial charge on any atom is 0.488 e. The lowest BCUT2D eigenvalue weighted by molar-refractivity contribution is 0.299. The van der Waals surface area contributed by atoms with Crippen molar-refractivity contribution in [3.05, 3.63) is 23.8 Å². The van der Waals surface area contributed by atoms with Crippen LogP contribution in [0.5, 0.6) is 11.5 Å². The fourth-order valence-electron chi connectivity index (χ4n) is 1.18. The third kappa shape index (κ3) is 4.03. The van der Waals surface area contributed by atoms with Gasteiger partial charge in [0, 0.05) is 12.7 Å². The van der Waals surface area contributed by atoms with Crippen LogP contribution in [0.4, 0.5) is 3.89 Å². The van der Waals surface area contributed by atoms with Crippen LogP contribution in [0.1, 0.15) is 5.56 Å². The summed E-state index contributed by atoms with van der Waals surface area (Å²) in [6, 6.07) is 4.14. The van der Waals surface area contributed by atoms with Gasteiger partial charge in [0.25, 0.3) is 0 Å². The van der Waals surface area contributed by atoms with Gasteiger partial charge in [-0.3, -0.25) is 0 Å². The van der Waals surface area contributed by atoms with Gasteiger partial charge in [0.1, 0.15) is 11.5 Å². The quantitative estimate of drug-likeness (QED) is 0.783. The van der Waals surface area contributed by atoms with E-state index in [2.05, 4.69) is 4.18 Å². The van der Waals surface area contributed by atoms with Crippen LogP contribution >= 0.6 is 0 Å². The van der Waals surface area contributed by atoms with Gasteiger partial charge in [0.15, 0.2) is 0 Å². The number of methoxy groups -OCH3 is 1. The van der Waals surface area contributed by atoms with Gasteiger partial charge in [-0.2, -0.15) is 8.42 Å². The van der Waals surface area contributed by atoms with E-state index in [4.69, 9.17) is 9.84 Å². The third-order valence-electron chi connectivity index (χ3n) is 1.77. The molecule has 0 atom stereocenters. The van der Waals surface area contributed by atoms with Gasteiger partial charge in [-0.15, -0.1) is 0 Å². The molecule has 0 radical (unpaired) electrons. The highest BCUT2D eigenvalue weighted by molar-refractivity contribution is 7.81. The molecule has 0 aliphatic rings. The number of aliphatic hydroxyl groups is 1. The Morgan fingerprint density at radius 2 is 1.94 bits per heavy atom. The molecule has 0 saturated heterocycles. The van der Waals surface area contributed by atoms with E-state index in [9.17, 15) is 12.3 Å². The molecule has 0 spiro atoms. The van der Waals surface area contributed by atoms with Crippen LogP contribution in [0.3, 0.4) is 0 Å². The van der Waals surface area contributed by atoms with Gasteiger partial charge >= 0.3 is 10.5 Å². The van der Waals surface area contributed by atoms with E-state index in [0.29, 0.717) is 17.7 Å². The smallest absolute Gasteiger partial charge is 0.488 e. The number of ether oxygens (including phenoxy) is 1. The second-order valence-corrected chi connectivity index (χ2v) is 3.92. The highest BCUT2D eigenvalue weighted by Crippen LogP contribution is 2.24. The van der Waals surface area contributed by atoms with Crippen LogP contribution in [-0.4, -0.2) is 27.2 Å². The number of aliphatic hydroxyl groups excluding tert-OH is 1. The van der Waals surface area contributed by atoms with Crippen molar-refractivity contribution in [3.8, 4) is 11.5 Å². The summed E-state index contributed by atoms with van der Waals surface area (Å²) in [5.41, 5.74) is 0.584. The summed E-state index contributed by atoms with van der Waals surface area (Å²) in [4.78, 5) is 0. The molecule has 0 unspecified atom stereocenters. The van der Waals surface area contributed by atoms with Crippen LogP contribution in [-0.2, 0) is 16.9 Å². The van der Waals surface area contributed by atoms with Crippen LogP contribution in [0.25, 0.3) is 0 Å². The van der Waals surface area contributed by atoms with E-state index in [0.717, 1.165) is 0 Å². The maximum atomic E-state index is 12.3. The minimum Gasteiger partial charge on any atom is -0.497 e. The maximum absolute atomic E-state index is 12.3. The van der Waals surface area contributed by atoms with E-state index >= 15 is 0 Å². The molecule has 0 aliphatic heterocycles. The van der Waals surface area contributed by atoms with Crippen molar-refractivity contribution in [1.82, 2.24) is 0 Å². The topological polar surface area (TPSA) is 72.8 Å². The summed E-state index contributed by atoms with van der Waals surface area (Å²) in [7, 11) is -3.67. The molecule has 1 rings (SSSR count). The summed E-state index contributed by atoms with van der Waals surface area (Å²) in [6.07, 6.45) is 0.292. The van der Waals surface area contributed by atoms with E-state index in [-0.39, 0.29) is 12.4 Å². The number of benzene rings is 1. The van der Waals surface area contributed by atoms with Crippen molar-refractivity contribution in [2.45, 2.75) is 6.42 Å². The molecule has 16 heavy (non-hydrogen) atoms. The van der Waals surface area contributed by atoms with Crippen LogP contribution in [0.15, 0.2) is 18.2 Å². The Labute approximate surface area is 92.8 Å². The summed E-state index contributed by atoms with van der Waals surface area (Å²) < 4.78 is 41.8. The number of halogens is 1. The first kappa shape index (κ1) is 12.7. The minimum absolute atomic E-state index is 0.116. The van der Waals surface area contributed by atoms with Crippen LogP contribution in [0.2, 0.25) is 0 Å². The molecule has 0 fully saturated rings. The van der Waals surface area contributed by atoms with Crippen molar-refractivity contribution >= 4 is 10.5 Å². The Hall–Kier alpha value is -1.34. The molecule has 1 N–H and O–H groups in total. The van der Waals surface area contributed by atoms with Crippen molar-refractivity contribution in [3.63, 3.8) is 0 Å². The first-order chi connectivity index (χ1) is 7.44. The summed E-state index contributed by atoms with van der Waals surface area (Å²) in [6.45, 7) is -0.116. The molecular formula is C9H11FO5S. The highest BCUT2D eigenvalue weighted by atomic mass is 32.3. The largest absolute Gasteiger partial charge is 0.497 e. The molecule has 0 aliphatic carbocycles. The van der Waals surface area contributed by atoms with Gasteiger partial charge in [-0.25, -0.2) is 0 Å². The fourth-order valence-corrected chi connectivity index (χ4v) is 1.51. The molecule has 90 valence electrons. The van der Waals surface area contributed by atoms with Crippen molar-refractivity contribution in [2.24, 2.45) is 0 Å². The summed E-state index contributed by atoms with van der Waals surface area (Å²) in [5.74, 6) is 0.134. The average Bonchev–Trinajstić information content (AvgIpc) is 2.15. The van der Waals surface area contributed by atoms with E-state index < -0.39 is 10.5 Å². The average molecular weight is 250 g/mol. The standard InChI is InChI=1S/C9H11FO5S/c1-14-8-4-7(2-3-11)5-9(6-8)15-16(10,12)13/h4-6,11H,2-3H2,1H3. The molecular weight excluding hydrogens is 239 g/mol. The Balaban J connectivity index is 3.04. The monoisotopic (exact) mass is 250 g/mol. The normalized spacial score (nSPS) is 11.2. The van der Waals surface area contributed by atoms with Crippen LogP contribution in [0, 0.1) is 0 Å². The summed E-state index contributed by atoms with van der Waals surface area (Å²) in [5, 5.41) is 8.73. The number of rotatable bonds is 5. The molecule has 0 bridgehead atoms. The van der Waals surface area contributed by atoms with E-state index in [1.165, 1.54) is 19.2 Å². The van der Waals surface area contributed by atoms with E-state index in [1.54, 1.807) is 6.07 Å². The first-order valence-corrected chi connectivity index (χ1v) is 5.68. The lowest BCUT2D eigenvalue weighted by atomic mass is 10.1. The zero-order valence-electron chi connectivity index (χ0n) is 8.51. The number of hydrogen-bond donors (Lipinski definition) is 1. The molecule has 7 heteroatoms. The van der Waals surface area contributed by atoms with Crippen molar-refractivity contribution in [1.29, 1.82) is 0 Å². The Morgan fingerprint density at radius 1 is 1.31 bits per heavy atom. The zero-order valence-corrected chi connectivity index (χ0v) is 9.33. The molecule has 5 nitrogen and oxygen atoms in total. The fraction of sp³-hybridized carbons (Fsp3) is 0.333. The Morgan fingerprint density at radius 3 is 2.44 bits per heavy atom. The Bertz CT molecular complexity index is 457. The second kappa shape index (κ2) is 5.13. The minimum atomic E-state index is -5.05. The van der Waals surface area contributed by atoms with Crippen molar-refractivity contribution in [2.75, 3.05) is 13.7 Å². The molecule has 0 heterocycles. The third-order valence-corrected chi connectivity index (χ3v) is 2.16. The summed E-state index contributed by atoms with van der Waals surface area (Å²) >= 11 is 0. The predicted molar refractivity (Wildman–Crippen MR) is 54.4 cm³/mol. The van der Waals surface area contributed by atoms with Crippen molar-refractivity contribution < 1.29 is 26.3 Å². The van der Waals surface area contributed by atoms with Gasteiger partial charge in [-0.1, -0.05) is 3.89 Å². The molecule has 0 aromatic heterocycles. The first-order valence-electron chi connectivity index (χ1n) is 4.37.